The number of ether oxygens (including phenoxy) is 1. The SMILES string of the molecule is COc1cc(-c2ccc3c(c2NC(=O)NS(=O)(=O)c2ccn(C4CCC=C(B(O)O)C4)n2)CCC3)ccn1. The normalized spacial score (nSPS) is 16.9. The van der Waals surface area contributed by atoms with E-state index in [0.717, 1.165) is 41.5 Å². The van der Waals surface area contributed by atoms with Gasteiger partial charge in [0.2, 0.25) is 5.88 Å². The Labute approximate surface area is 220 Å². The molecule has 3 aromatic rings. The minimum absolute atomic E-state index is 0.221. The molecule has 0 bridgehead atoms. The minimum atomic E-state index is -4.27. The largest absolute Gasteiger partial charge is 0.483 e. The van der Waals surface area contributed by atoms with Gasteiger partial charge < -0.3 is 20.1 Å². The van der Waals surface area contributed by atoms with Crippen LogP contribution in [0.25, 0.3) is 11.1 Å². The first kappa shape index (κ1) is 26.0. The van der Waals surface area contributed by atoms with Crippen molar-refractivity contribution in [2.75, 3.05) is 12.4 Å². The Hall–Kier alpha value is -3.68. The van der Waals surface area contributed by atoms with Crippen molar-refractivity contribution in [3.63, 3.8) is 0 Å². The van der Waals surface area contributed by atoms with Gasteiger partial charge in [-0.15, -0.1) is 0 Å². The number of aromatic nitrogens is 3. The summed E-state index contributed by atoms with van der Waals surface area (Å²) < 4.78 is 34.8. The number of anilines is 1. The zero-order valence-electron chi connectivity index (χ0n) is 20.8. The van der Waals surface area contributed by atoms with Gasteiger partial charge in [0, 0.05) is 24.0 Å². The highest BCUT2D eigenvalue weighted by atomic mass is 32.2. The third-order valence-electron chi connectivity index (χ3n) is 6.95. The van der Waals surface area contributed by atoms with E-state index in [2.05, 4.69) is 20.1 Å². The van der Waals surface area contributed by atoms with E-state index in [9.17, 15) is 23.3 Å². The van der Waals surface area contributed by atoms with Crippen LogP contribution in [-0.2, 0) is 22.9 Å². The van der Waals surface area contributed by atoms with E-state index >= 15 is 0 Å². The topological polar surface area (TPSA) is 156 Å². The lowest BCUT2D eigenvalue weighted by Gasteiger charge is -2.22. The van der Waals surface area contributed by atoms with Gasteiger partial charge in [0.25, 0.3) is 10.0 Å². The number of hydrogen-bond acceptors (Lipinski definition) is 8. The molecule has 0 saturated carbocycles. The molecule has 0 spiro atoms. The van der Waals surface area contributed by atoms with Crippen molar-refractivity contribution in [3.05, 3.63) is 65.4 Å². The van der Waals surface area contributed by atoms with Crippen molar-refractivity contribution in [1.29, 1.82) is 0 Å². The maximum Gasteiger partial charge on any atom is 0.483 e. The fourth-order valence-corrected chi connectivity index (χ4v) is 5.92. The highest BCUT2D eigenvalue weighted by Crippen LogP contribution is 2.38. The van der Waals surface area contributed by atoms with E-state index in [0.29, 0.717) is 36.3 Å². The second kappa shape index (κ2) is 10.6. The molecule has 2 aromatic heterocycles. The van der Waals surface area contributed by atoms with Crippen LogP contribution in [0.2, 0.25) is 0 Å². The van der Waals surface area contributed by atoms with Crippen molar-refractivity contribution < 1.29 is 28.0 Å². The Morgan fingerprint density at radius 2 is 2.05 bits per heavy atom. The van der Waals surface area contributed by atoms with Crippen LogP contribution in [0.5, 0.6) is 5.88 Å². The third-order valence-corrected chi connectivity index (χ3v) is 8.17. The molecule has 38 heavy (non-hydrogen) atoms. The number of nitrogens with one attached hydrogen (secondary N) is 2. The molecule has 5 rings (SSSR count). The van der Waals surface area contributed by atoms with Crippen LogP contribution >= 0.6 is 0 Å². The Balaban J connectivity index is 1.36. The molecule has 2 heterocycles. The predicted molar refractivity (Wildman–Crippen MR) is 141 cm³/mol. The maximum atomic E-state index is 13.0. The average molecular weight is 537 g/mol. The van der Waals surface area contributed by atoms with Gasteiger partial charge in [0.1, 0.15) is 0 Å². The van der Waals surface area contributed by atoms with Crippen molar-refractivity contribution in [2.45, 2.75) is 49.6 Å². The second-order valence-corrected chi connectivity index (χ2v) is 11.0. The maximum absolute atomic E-state index is 13.0. The molecule has 1 aromatic carbocycles. The lowest BCUT2D eigenvalue weighted by Crippen LogP contribution is -2.35. The fourth-order valence-electron chi connectivity index (χ4n) is 5.07. The van der Waals surface area contributed by atoms with Gasteiger partial charge in [0.15, 0.2) is 5.03 Å². The standard InChI is InChI=1S/C25H28BN5O6S/c1-37-22-14-17(10-12-27-22)21-9-8-16-4-2-7-20(16)24(21)28-25(32)30-38(35,36)23-11-13-31(29-23)19-6-3-5-18(15-19)26(33)34/h5,8-14,19,33-34H,2-4,6-7,15H2,1H3,(H2,28,30,32). The molecule has 1 unspecified atom stereocenters. The number of urea groups is 1. The quantitative estimate of drug-likeness (QED) is 0.335. The van der Waals surface area contributed by atoms with E-state index in [1.807, 2.05) is 12.1 Å². The lowest BCUT2D eigenvalue weighted by atomic mass is 9.72. The first-order chi connectivity index (χ1) is 18.2. The lowest BCUT2D eigenvalue weighted by molar-refractivity contribution is 0.256. The summed E-state index contributed by atoms with van der Waals surface area (Å²) in [7, 11) is -4.30. The van der Waals surface area contributed by atoms with Crippen LogP contribution in [-0.4, -0.2) is 53.5 Å². The number of aryl methyl sites for hydroxylation is 1. The van der Waals surface area contributed by atoms with Gasteiger partial charge in [-0.3, -0.25) is 4.68 Å². The van der Waals surface area contributed by atoms with Crippen LogP contribution in [0.1, 0.15) is 42.9 Å². The fraction of sp³-hybridized carbons (Fsp3) is 0.320. The van der Waals surface area contributed by atoms with Crippen LogP contribution in [0.3, 0.4) is 0 Å². The van der Waals surface area contributed by atoms with E-state index in [1.54, 1.807) is 24.4 Å². The number of hydrogen-bond donors (Lipinski definition) is 4. The van der Waals surface area contributed by atoms with Crippen LogP contribution in [0.15, 0.2) is 59.3 Å². The molecule has 198 valence electrons. The molecule has 0 radical (unpaired) electrons. The minimum Gasteiger partial charge on any atom is -0.481 e. The summed E-state index contributed by atoms with van der Waals surface area (Å²) in [5.41, 5.74) is 4.61. The second-order valence-electron chi connectivity index (χ2n) is 9.35. The van der Waals surface area contributed by atoms with Crippen LogP contribution in [0, 0.1) is 0 Å². The highest BCUT2D eigenvalue weighted by molar-refractivity contribution is 7.90. The van der Waals surface area contributed by atoms with Gasteiger partial charge in [-0.25, -0.2) is 14.5 Å². The molecule has 4 N–H and O–H groups in total. The van der Waals surface area contributed by atoms with Crippen LogP contribution in [0.4, 0.5) is 10.5 Å². The number of carbonyl (C=O) groups is 1. The third kappa shape index (κ3) is 5.30. The molecule has 0 aliphatic heterocycles. The summed E-state index contributed by atoms with van der Waals surface area (Å²) in [6.45, 7) is 0. The molecule has 11 nitrogen and oxygen atoms in total. The summed E-state index contributed by atoms with van der Waals surface area (Å²) >= 11 is 0. The Kier molecular flexibility index (Phi) is 7.24. The molecule has 0 saturated heterocycles. The van der Waals surface area contributed by atoms with Gasteiger partial charge in [-0.1, -0.05) is 18.2 Å². The molecule has 2 aliphatic carbocycles. The molecular weight excluding hydrogens is 509 g/mol. The van der Waals surface area contributed by atoms with Crippen molar-refractivity contribution in [2.24, 2.45) is 0 Å². The summed E-state index contributed by atoms with van der Waals surface area (Å²) in [4.78, 5) is 17.1. The Morgan fingerprint density at radius 3 is 2.84 bits per heavy atom. The summed E-state index contributed by atoms with van der Waals surface area (Å²) in [6.07, 6.45) is 9.11. The molecule has 13 heteroatoms. The number of pyridine rings is 1. The van der Waals surface area contributed by atoms with Gasteiger partial charge >= 0.3 is 13.1 Å². The van der Waals surface area contributed by atoms with Gasteiger partial charge in [-0.2, -0.15) is 13.5 Å². The average Bonchev–Trinajstić information content (AvgIpc) is 3.59. The zero-order chi connectivity index (χ0) is 26.9. The molecule has 0 fully saturated rings. The van der Waals surface area contributed by atoms with E-state index < -0.39 is 23.2 Å². The Morgan fingerprint density at radius 1 is 1.21 bits per heavy atom. The smallest absolute Gasteiger partial charge is 0.481 e. The number of allylic oxidation sites excluding steroid dienone is 2. The van der Waals surface area contributed by atoms with Crippen molar-refractivity contribution >= 4 is 28.9 Å². The van der Waals surface area contributed by atoms with Gasteiger partial charge in [0.05, 0.1) is 18.8 Å². The number of rotatable bonds is 7. The zero-order valence-corrected chi connectivity index (χ0v) is 21.6. The van der Waals surface area contributed by atoms with Crippen molar-refractivity contribution in [1.82, 2.24) is 19.5 Å². The van der Waals surface area contributed by atoms with E-state index in [-0.39, 0.29) is 11.1 Å². The number of methoxy groups -OCH3 is 1. The molecule has 2 amide bonds. The van der Waals surface area contributed by atoms with E-state index in [1.165, 1.54) is 24.1 Å². The summed E-state index contributed by atoms with van der Waals surface area (Å²) in [5.74, 6) is 0.422. The Bertz CT molecular complexity index is 1500. The number of amides is 2. The first-order valence-electron chi connectivity index (χ1n) is 12.3. The summed E-state index contributed by atoms with van der Waals surface area (Å²) in [5, 5.41) is 25.6. The van der Waals surface area contributed by atoms with Crippen molar-refractivity contribution in [3.8, 4) is 17.0 Å². The number of carbonyl (C=O) groups excluding carboxylic acids is 1. The number of benzene rings is 1. The summed E-state index contributed by atoms with van der Waals surface area (Å²) in [6, 6.07) is 7.69. The number of nitrogens with zero attached hydrogens (tertiary/aromatic N) is 3. The van der Waals surface area contributed by atoms with Gasteiger partial charge in [-0.05, 0) is 72.8 Å². The van der Waals surface area contributed by atoms with Crippen LogP contribution < -0.4 is 14.8 Å². The molecular formula is C25H28BN5O6S. The predicted octanol–water partition coefficient (Wildman–Crippen LogP) is 2.62. The molecule has 1 atom stereocenters. The number of fused-ring (bicyclic) bond motifs is 1. The first-order valence-corrected chi connectivity index (χ1v) is 13.8. The molecule has 2 aliphatic rings. The van der Waals surface area contributed by atoms with E-state index in [4.69, 9.17) is 4.74 Å². The monoisotopic (exact) mass is 537 g/mol. The number of sulfonamides is 1. The highest BCUT2D eigenvalue weighted by Gasteiger charge is 2.28.